The molecular weight excluding hydrogens is 334 g/mol. The SMILES string of the molecule is CCOc1cccc(C(=O)Nc2nnc(/C=C/c3ccccc3)s2)c1. The van der Waals surface area contributed by atoms with Crippen molar-refractivity contribution in [2.75, 3.05) is 11.9 Å². The fourth-order valence-electron chi connectivity index (χ4n) is 2.15. The predicted molar refractivity (Wildman–Crippen MR) is 101 cm³/mol. The van der Waals surface area contributed by atoms with Crippen LogP contribution in [0.2, 0.25) is 0 Å². The van der Waals surface area contributed by atoms with E-state index < -0.39 is 0 Å². The van der Waals surface area contributed by atoms with Crippen LogP contribution in [0, 0.1) is 0 Å². The van der Waals surface area contributed by atoms with Gasteiger partial charge in [-0.05, 0) is 36.8 Å². The Morgan fingerprint density at radius 3 is 2.76 bits per heavy atom. The normalized spacial score (nSPS) is 10.8. The first-order chi connectivity index (χ1) is 12.2. The summed E-state index contributed by atoms with van der Waals surface area (Å²) in [7, 11) is 0. The Kier molecular flexibility index (Phi) is 5.53. The average Bonchev–Trinajstić information content (AvgIpc) is 3.09. The molecule has 3 aromatic rings. The van der Waals surface area contributed by atoms with Crippen molar-refractivity contribution in [3.8, 4) is 5.75 Å². The summed E-state index contributed by atoms with van der Waals surface area (Å²) in [6, 6.07) is 17.0. The number of amides is 1. The summed E-state index contributed by atoms with van der Waals surface area (Å²) in [5.74, 6) is 0.426. The molecule has 0 saturated carbocycles. The standard InChI is InChI=1S/C19H17N3O2S/c1-2-24-16-10-6-9-15(13-16)18(23)20-19-22-21-17(25-19)12-11-14-7-4-3-5-8-14/h3-13H,2H2,1H3,(H,20,22,23)/b12-11+. The monoisotopic (exact) mass is 351 g/mol. The summed E-state index contributed by atoms with van der Waals surface area (Å²) >= 11 is 1.32. The number of aromatic nitrogens is 2. The van der Waals surface area contributed by atoms with Crippen LogP contribution in [-0.4, -0.2) is 22.7 Å². The van der Waals surface area contributed by atoms with Gasteiger partial charge in [0.05, 0.1) is 6.61 Å². The molecule has 6 heteroatoms. The maximum Gasteiger partial charge on any atom is 0.257 e. The van der Waals surface area contributed by atoms with Gasteiger partial charge in [-0.1, -0.05) is 53.8 Å². The molecule has 2 aromatic carbocycles. The molecule has 0 atom stereocenters. The number of anilines is 1. The van der Waals surface area contributed by atoms with Gasteiger partial charge in [0, 0.05) is 5.56 Å². The highest BCUT2D eigenvalue weighted by Crippen LogP contribution is 2.20. The van der Waals surface area contributed by atoms with Crippen molar-refractivity contribution in [2.45, 2.75) is 6.92 Å². The number of ether oxygens (including phenoxy) is 1. The molecule has 1 amide bonds. The molecule has 0 unspecified atom stereocenters. The molecule has 3 rings (SSSR count). The van der Waals surface area contributed by atoms with Crippen LogP contribution in [-0.2, 0) is 0 Å². The van der Waals surface area contributed by atoms with Gasteiger partial charge in [0.1, 0.15) is 10.8 Å². The van der Waals surface area contributed by atoms with Crippen LogP contribution in [0.3, 0.4) is 0 Å². The first-order valence-corrected chi connectivity index (χ1v) is 8.67. The lowest BCUT2D eigenvalue weighted by Crippen LogP contribution is -2.11. The lowest BCUT2D eigenvalue weighted by molar-refractivity contribution is 0.102. The number of rotatable bonds is 6. The third-order valence-corrected chi connectivity index (χ3v) is 4.09. The van der Waals surface area contributed by atoms with Gasteiger partial charge in [0.25, 0.3) is 5.91 Å². The summed E-state index contributed by atoms with van der Waals surface area (Å²) in [6.45, 7) is 2.46. The van der Waals surface area contributed by atoms with Crippen LogP contribution in [0.4, 0.5) is 5.13 Å². The number of carbonyl (C=O) groups is 1. The number of hydrogen-bond donors (Lipinski definition) is 1. The minimum Gasteiger partial charge on any atom is -0.494 e. The van der Waals surface area contributed by atoms with E-state index >= 15 is 0 Å². The smallest absolute Gasteiger partial charge is 0.257 e. The van der Waals surface area contributed by atoms with Crippen molar-refractivity contribution in [3.05, 3.63) is 70.7 Å². The zero-order valence-corrected chi connectivity index (χ0v) is 14.5. The second-order valence-corrected chi connectivity index (χ2v) is 6.11. The molecule has 0 aliphatic rings. The number of hydrogen-bond acceptors (Lipinski definition) is 5. The Morgan fingerprint density at radius 1 is 1.12 bits per heavy atom. The Hall–Kier alpha value is -2.99. The van der Waals surface area contributed by atoms with Gasteiger partial charge in [-0.3, -0.25) is 10.1 Å². The van der Waals surface area contributed by atoms with E-state index in [1.165, 1.54) is 11.3 Å². The maximum atomic E-state index is 12.3. The summed E-state index contributed by atoms with van der Waals surface area (Å²) in [5.41, 5.74) is 1.60. The molecule has 1 N–H and O–H groups in total. The van der Waals surface area contributed by atoms with Crippen LogP contribution >= 0.6 is 11.3 Å². The fraction of sp³-hybridized carbons (Fsp3) is 0.105. The van der Waals surface area contributed by atoms with E-state index in [-0.39, 0.29) is 5.91 Å². The van der Waals surface area contributed by atoms with Crippen molar-refractivity contribution in [1.29, 1.82) is 0 Å². The predicted octanol–water partition coefficient (Wildman–Crippen LogP) is 4.36. The second kappa shape index (κ2) is 8.21. The molecule has 1 aromatic heterocycles. The van der Waals surface area contributed by atoms with E-state index in [2.05, 4.69) is 15.5 Å². The van der Waals surface area contributed by atoms with E-state index in [0.717, 1.165) is 10.6 Å². The summed E-state index contributed by atoms with van der Waals surface area (Å²) in [6.07, 6.45) is 3.83. The van der Waals surface area contributed by atoms with Crippen LogP contribution in [0.1, 0.15) is 27.9 Å². The first kappa shape index (κ1) is 16.9. The van der Waals surface area contributed by atoms with Gasteiger partial charge >= 0.3 is 0 Å². The number of carbonyl (C=O) groups excluding carboxylic acids is 1. The molecule has 5 nitrogen and oxygen atoms in total. The van der Waals surface area contributed by atoms with Crippen molar-refractivity contribution in [2.24, 2.45) is 0 Å². The molecule has 0 aliphatic heterocycles. The van der Waals surface area contributed by atoms with E-state index in [1.54, 1.807) is 18.2 Å². The molecule has 0 saturated heterocycles. The van der Waals surface area contributed by atoms with E-state index in [1.807, 2.05) is 55.5 Å². The third kappa shape index (κ3) is 4.74. The molecule has 1 heterocycles. The van der Waals surface area contributed by atoms with Gasteiger partial charge in [-0.2, -0.15) is 0 Å². The third-order valence-electron chi connectivity index (χ3n) is 3.29. The lowest BCUT2D eigenvalue weighted by Gasteiger charge is -2.05. The van der Waals surface area contributed by atoms with Crippen molar-refractivity contribution in [1.82, 2.24) is 10.2 Å². The second-order valence-electron chi connectivity index (χ2n) is 5.10. The van der Waals surface area contributed by atoms with E-state index in [9.17, 15) is 4.79 Å². The van der Waals surface area contributed by atoms with Crippen molar-refractivity contribution in [3.63, 3.8) is 0 Å². The van der Waals surface area contributed by atoms with Gasteiger partial charge in [0.15, 0.2) is 0 Å². The minimum atomic E-state index is -0.240. The summed E-state index contributed by atoms with van der Waals surface area (Å²) in [4.78, 5) is 12.3. The fourth-order valence-corrected chi connectivity index (χ4v) is 2.79. The minimum absolute atomic E-state index is 0.240. The molecule has 0 aliphatic carbocycles. The highest BCUT2D eigenvalue weighted by molar-refractivity contribution is 7.16. The molecule has 0 radical (unpaired) electrons. The van der Waals surface area contributed by atoms with Gasteiger partial charge in [-0.25, -0.2) is 0 Å². The topological polar surface area (TPSA) is 64.1 Å². The van der Waals surface area contributed by atoms with E-state index in [0.29, 0.717) is 23.1 Å². The van der Waals surface area contributed by atoms with Gasteiger partial charge < -0.3 is 4.74 Å². The summed E-state index contributed by atoms with van der Waals surface area (Å²) in [5, 5.41) is 12.0. The van der Waals surface area contributed by atoms with Crippen LogP contribution in [0.25, 0.3) is 12.2 Å². The molecule has 0 fully saturated rings. The zero-order chi connectivity index (χ0) is 17.5. The zero-order valence-electron chi connectivity index (χ0n) is 13.7. The molecule has 126 valence electrons. The Labute approximate surface area is 150 Å². The molecular formula is C19H17N3O2S. The highest BCUT2D eigenvalue weighted by atomic mass is 32.1. The Balaban J connectivity index is 1.66. The first-order valence-electron chi connectivity index (χ1n) is 7.85. The van der Waals surface area contributed by atoms with Crippen LogP contribution < -0.4 is 10.1 Å². The number of nitrogens with zero attached hydrogens (tertiary/aromatic N) is 2. The molecule has 0 spiro atoms. The molecule has 0 bridgehead atoms. The number of nitrogens with one attached hydrogen (secondary N) is 1. The van der Waals surface area contributed by atoms with Gasteiger partial charge in [0.2, 0.25) is 5.13 Å². The van der Waals surface area contributed by atoms with Crippen molar-refractivity contribution < 1.29 is 9.53 Å². The number of benzene rings is 2. The van der Waals surface area contributed by atoms with Crippen LogP contribution in [0.5, 0.6) is 5.75 Å². The molecule has 25 heavy (non-hydrogen) atoms. The van der Waals surface area contributed by atoms with Gasteiger partial charge in [-0.15, -0.1) is 10.2 Å². The van der Waals surface area contributed by atoms with Crippen molar-refractivity contribution >= 4 is 34.5 Å². The quantitative estimate of drug-likeness (QED) is 0.717. The highest BCUT2D eigenvalue weighted by Gasteiger charge is 2.10. The maximum absolute atomic E-state index is 12.3. The lowest BCUT2D eigenvalue weighted by atomic mass is 10.2. The van der Waals surface area contributed by atoms with E-state index in [4.69, 9.17) is 4.74 Å². The Bertz CT molecular complexity index is 875. The Morgan fingerprint density at radius 2 is 1.96 bits per heavy atom. The van der Waals surface area contributed by atoms with Crippen LogP contribution in [0.15, 0.2) is 54.6 Å². The largest absolute Gasteiger partial charge is 0.494 e. The average molecular weight is 351 g/mol. The summed E-state index contributed by atoms with van der Waals surface area (Å²) < 4.78 is 5.41.